The van der Waals surface area contributed by atoms with Crippen LogP contribution in [0.4, 0.5) is 0 Å². The minimum Gasteiger partial charge on any atom is -0.493 e. The monoisotopic (exact) mass is 321 g/mol. The second kappa shape index (κ2) is 7.13. The standard InChI is InChI=1S/C16H15NO4.ClH/c1-19-14-3-2-12(15-16(14)21-9-8-20-15)13(18)10-11-4-6-17-7-5-11;/h2-7H,8-10H2,1H3;1H. The van der Waals surface area contributed by atoms with Gasteiger partial charge in [-0.25, -0.2) is 0 Å². The van der Waals surface area contributed by atoms with Crippen molar-refractivity contribution < 1.29 is 19.0 Å². The van der Waals surface area contributed by atoms with Crippen LogP contribution >= 0.6 is 12.4 Å². The van der Waals surface area contributed by atoms with Crippen molar-refractivity contribution in [2.45, 2.75) is 6.42 Å². The van der Waals surface area contributed by atoms with Gasteiger partial charge in [0.1, 0.15) is 13.2 Å². The Bertz CT molecular complexity index is 661. The molecule has 3 rings (SSSR count). The van der Waals surface area contributed by atoms with E-state index in [2.05, 4.69) is 4.98 Å². The smallest absolute Gasteiger partial charge is 0.204 e. The number of fused-ring (bicyclic) bond motifs is 1. The lowest BCUT2D eigenvalue weighted by molar-refractivity contribution is 0.0981. The topological polar surface area (TPSA) is 57.7 Å². The fourth-order valence-corrected chi connectivity index (χ4v) is 2.27. The highest BCUT2D eigenvalue weighted by atomic mass is 35.5. The Morgan fingerprint density at radius 3 is 2.50 bits per heavy atom. The van der Waals surface area contributed by atoms with Crippen LogP contribution in [-0.2, 0) is 6.42 Å². The first-order valence-corrected chi connectivity index (χ1v) is 6.68. The van der Waals surface area contributed by atoms with Crippen molar-refractivity contribution in [2.75, 3.05) is 20.3 Å². The molecule has 1 aliphatic heterocycles. The molecule has 1 aromatic carbocycles. The van der Waals surface area contributed by atoms with E-state index in [1.807, 2.05) is 12.1 Å². The van der Waals surface area contributed by atoms with Gasteiger partial charge in [-0.05, 0) is 29.8 Å². The molecule has 1 aliphatic rings. The Labute approximate surface area is 134 Å². The Hall–Kier alpha value is -2.27. The van der Waals surface area contributed by atoms with Crippen molar-refractivity contribution in [2.24, 2.45) is 0 Å². The van der Waals surface area contributed by atoms with Crippen molar-refractivity contribution in [1.29, 1.82) is 0 Å². The van der Waals surface area contributed by atoms with Gasteiger partial charge >= 0.3 is 0 Å². The molecule has 0 spiro atoms. The molecule has 1 aromatic heterocycles. The van der Waals surface area contributed by atoms with E-state index in [4.69, 9.17) is 14.2 Å². The molecule has 0 amide bonds. The second-order valence-electron chi connectivity index (χ2n) is 4.63. The summed E-state index contributed by atoms with van der Waals surface area (Å²) in [5, 5.41) is 0. The second-order valence-corrected chi connectivity index (χ2v) is 4.63. The Morgan fingerprint density at radius 2 is 1.82 bits per heavy atom. The van der Waals surface area contributed by atoms with Gasteiger partial charge in [-0.3, -0.25) is 9.78 Å². The number of ether oxygens (including phenoxy) is 3. The Kier molecular flexibility index (Phi) is 5.22. The van der Waals surface area contributed by atoms with E-state index >= 15 is 0 Å². The molecule has 6 heteroatoms. The number of hydrogen-bond acceptors (Lipinski definition) is 5. The van der Waals surface area contributed by atoms with Crippen LogP contribution in [-0.4, -0.2) is 31.1 Å². The molecule has 0 saturated carbocycles. The summed E-state index contributed by atoms with van der Waals surface area (Å²) in [5.74, 6) is 1.53. The number of aromatic nitrogens is 1. The van der Waals surface area contributed by atoms with Gasteiger partial charge in [-0.15, -0.1) is 12.4 Å². The van der Waals surface area contributed by atoms with E-state index in [1.165, 1.54) is 0 Å². The van der Waals surface area contributed by atoms with Gasteiger partial charge in [0.2, 0.25) is 5.75 Å². The van der Waals surface area contributed by atoms with E-state index < -0.39 is 0 Å². The van der Waals surface area contributed by atoms with Crippen LogP contribution < -0.4 is 14.2 Å². The Morgan fingerprint density at radius 1 is 1.14 bits per heavy atom. The molecule has 0 aliphatic carbocycles. The third-order valence-electron chi connectivity index (χ3n) is 3.29. The molecule has 0 unspecified atom stereocenters. The number of methoxy groups -OCH3 is 1. The number of Topliss-reactive ketones (excluding diaryl/α,β-unsaturated/α-hetero) is 1. The fourth-order valence-electron chi connectivity index (χ4n) is 2.27. The quantitative estimate of drug-likeness (QED) is 0.810. The summed E-state index contributed by atoms with van der Waals surface area (Å²) < 4.78 is 16.4. The molecule has 0 bridgehead atoms. The molecule has 0 saturated heterocycles. The SMILES string of the molecule is COc1ccc(C(=O)Cc2ccncc2)c2c1OCCO2.Cl. The molecule has 22 heavy (non-hydrogen) atoms. The number of nitrogens with zero attached hydrogens (tertiary/aromatic N) is 1. The minimum absolute atomic E-state index is 0. The third kappa shape index (κ3) is 3.14. The lowest BCUT2D eigenvalue weighted by atomic mass is 10.0. The third-order valence-corrected chi connectivity index (χ3v) is 3.29. The maximum atomic E-state index is 12.5. The molecular weight excluding hydrogens is 306 g/mol. The highest BCUT2D eigenvalue weighted by Crippen LogP contribution is 2.42. The number of carbonyl (C=O) groups excluding carboxylic acids is 1. The van der Waals surface area contributed by atoms with Gasteiger partial charge in [-0.2, -0.15) is 0 Å². The predicted molar refractivity (Wildman–Crippen MR) is 83.5 cm³/mol. The maximum absolute atomic E-state index is 12.5. The van der Waals surface area contributed by atoms with Gasteiger partial charge < -0.3 is 14.2 Å². The summed E-state index contributed by atoms with van der Waals surface area (Å²) in [6.45, 7) is 0.876. The minimum atomic E-state index is -0.0226. The Balaban J connectivity index is 0.00000176. The molecule has 0 radical (unpaired) electrons. The summed E-state index contributed by atoms with van der Waals surface area (Å²) in [6.07, 6.45) is 3.64. The summed E-state index contributed by atoms with van der Waals surface area (Å²) >= 11 is 0. The van der Waals surface area contributed by atoms with Gasteiger partial charge in [0.05, 0.1) is 12.7 Å². The maximum Gasteiger partial charge on any atom is 0.204 e. The molecule has 2 heterocycles. The highest BCUT2D eigenvalue weighted by molar-refractivity contribution is 6.01. The molecule has 0 fully saturated rings. The molecule has 116 valence electrons. The fraction of sp³-hybridized carbons (Fsp3) is 0.250. The lowest BCUT2D eigenvalue weighted by Gasteiger charge is -2.22. The average Bonchev–Trinajstić information content (AvgIpc) is 2.54. The summed E-state index contributed by atoms with van der Waals surface area (Å²) in [4.78, 5) is 16.4. The number of carbonyl (C=O) groups is 1. The van der Waals surface area contributed by atoms with Crippen LogP contribution in [0.3, 0.4) is 0 Å². The van der Waals surface area contributed by atoms with Crippen LogP contribution in [0.2, 0.25) is 0 Å². The normalized spacial score (nSPS) is 12.2. The van der Waals surface area contributed by atoms with Crippen LogP contribution in [0.5, 0.6) is 17.2 Å². The molecular formula is C16H16ClNO4. The van der Waals surface area contributed by atoms with Crippen molar-refractivity contribution in [3.8, 4) is 17.2 Å². The molecule has 2 aromatic rings. The van der Waals surface area contributed by atoms with E-state index in [9.17, 15) is 4.79 Å². The number of halogens is 1. The molecule has 0 N–H and O–H groups in total. The molecule has 0 atom stereocenters. The number of benzene rings is 1. The summed E-state index contributed by atoms with van der Waals surface area (Å²) in [7, 11) is 1.56. The van der Waals surface area contributed by atoms with Gasteiger partial charge in [0.25, 0.3) is 0 Å². The first-order chi connectivity index (χ1) is 10.3. The predicted octanol–water partition coefficient (Wildman–Crippen LogP) is 2.71. The van der Waals surface area contributed by atoms with Gasteiger partial charge in [0.15, 0.2) is 17.3 Å². The van der Waals surface area contributed by atoms with E-state index in [0.717, 1.165) is 5.56 Å². The van der Waals surface area contributed by atoms with Crippen molar-refractivity contribution in [1.82, 2.24) is 4.98 Å². The zero-order valence-electron chi connectivity index (χ0n) is 12.1. The van der Waals surface area contributed by atoms with Crippen LogP contribution in [0, 0.1) is 0 Å². The number of pyridine rings is 1. The number of hydrogen-bond donors (Lipinski definition) is 0. The van der Waals surface area contributed by atoms with Gasteiger partial charge in [0, 0.05) is 18.8 Å². The number of ketones is 1. The summed E-state index contributed by atoms with van der Waals surface area (Å²) in [6, 6.07) is 7.10. The lowest BCUT2D eigenvalue weighted by Crippen LogP contribution is -2.19. The average molecular weight is 322 g/mol. The van der Waals surface area contributed by atoms with E-state index in [1.54, 1.807) is 31.6 Å². The summed E-state index contributed by atoms with van der Waals surface area (Å²) in [5.41, 5.74) is 1.43. The van der Waals surface area contributed by atoms with E-state index in [0.29, 0.717) is 42.4 Å². The van der Waals surface area contributed by atoms with Crippen LogP contribution in [0.1, 0.15) is 15.9 Å². The van der Waals surface area contributed by atoms with Crippen molar-refractivity contribution >= 4 is 18.2 Å². The van der Waals surface area contributed by atoms with E-state index in [-0.39, 0.29) is 18.2 Å². The van der Waals surface area contributed by atoms with Crippen LogP contribution in [0.15, 0.2) is 36.7 Å². The first kappa shape index (κ1) is 16.1. The van der Waals surface area contributed by atoms with Crippen LogP contribution in [0.25, 0.3) is 0 Å². The largest absolute Gasteiger partial charge is 0.493 e. The first-order valence-electron chi connectivity index (χ1n) is 6.68. The van der Waals surface area contributed by atoms with Gasteiger partial charge in [-0.1, -0.05) is 0 Å². The zero-order valence-corrected chi connectivity index (χ0v) is 12.9. The van der Waals surface area contributed by atoms with Crippen molar-refractivity contribution in [3.05, 3.63) is 47.8 Å². The number of rotatable bonds is 4. The zero-order chi connectivity index (χ0) is 14.7. The van der Waals surface area contributed by atoms with Crippen molar-refractivity contribution in [3.63, 3.8) is 0 Å². The highest BCUT2D eigenvalue weighted by Gasteiger charge is 2.24. The molecule has 5 nitrogen and oxygen atoms in total.